The molecule has 8 saturated carbocycles. The monoisotopic (exact) mass is 1280 g/mol. The minimum absolute atomic E-state index is 0. The van der Waals surface area contributed by atoms with Crippen LogP contribution in [0.3, 0.4) is 0 Å². The number of hydrogen-bond acceptors (Lipinski definition) is 9. The molecule has 8 rings (SSSR count). The molecule has 8 aliphatic rings. The molecule has 3 N–H and O–H groups in total. The minimum atomic E-state index is -4.15. The van der Waals surface area contributed by atoms with Gasteiger partial charge in [0.05, 0.1) is 24.7 Å². The number of aliphatic hydroxyl groups excluding tert-OH is 1. The predicted octanol–water partition coefficient (Wildman–Crippen LogP) is 13.3. The maximum atomic E-state index is 14.5. The fraction of sp³-hybridized carbons (Fsp3) is 0.879. The summed E-state index contributed by atoms with van der Waals surface area (Å²) in [5.41, 5.74) is -0.0966. The summed E-state index contributed by atoms with van der Waals surface area (Å²) in [6.45, 7) is 29.8. The zero-order chi connectivity index (χ0) is 57.8. The maximum absolute atomic E-state index is 14.5. The van der Waals surface area contributed by atoms with E-state index >= 15 is 0 Å². The first-order valence-corrected chi connectivity index (χ1v) is 32.7. The molecule has 0 saturated heterocycles. The van der Waals surface area contributed by atoms with Gasteiger partial charge in [0.25, 0.3) is 10.1 Å². The number of hydrogen-bond donors (Lipinski definition) is 3. The number of fused-ring (bicyclic) bond motifs is 10. The summed E-state index contributed by atoms with van der Waals surface area (Å²) in [5, 5.41) is 15.0. The van der Waals surface area contributed by atoms with E-state index < -0.39 is 15.9 Å². The molecule has 2 radical (unpaired) electrons. The van der Waals surface area contributed by atoms with Crippen LogP contribution in [0.4, 0.5) is 0 Å². The van der Waals surface area contributed by atoms with Gasteiger partial charge in [-0.3, -0.25) is 36.3 Å². The Labute approximate surface area is 535 Å². The van der Waals surface area contributed by atoms with Crippen molar-refractivity contribution in [2.75, 3.05) is 12.3 Å². The molecule has 0 aromatic carbocycles. The van der Waals surface area contributed by atoms with E-state index in [4.69, 9.17) is 4.55 Å². The van der Waals surface area contributed by atoms with Crippen molar-refractivity contribution in [3.05, 3.63) is 12.8 Å². The minimum Gasteiger partial charge on any atom is -0.542 e. The number of nitrogens with one attached hydrogen (secondary N) is 1. The Bertz CT molecular complexity index is 2360. The van der Waals surface area contributed by atoms with Gasteiger partial charge in [0, 0.05) is 96.6 Å². The number of aliphatic hydroxyl groups is 1. The van der Waals surface area contributed by atoms with Crippen LogP contribution < -0.4 is 5.32 Å². The number of ketones is 3. The van der Waals surface area contributed by atoms with Crippen LogP contribution in [-0.2, 0) is 104 Å². The van der Waals surface area contributed by atoms with Crippen molar-refractivity contribution < 1.29 is 112 Å². The third-order valence-electron chi connectivity index (χ3n) is 28.0. The van der Waals surface area contributed by atoms with Crippen molar-refractivity contribution in [2.45, 2.75) is 256 Å². The molecule has 8 fully saturated rings. The normalized spacial score (nSPS) is 43.2. The quantitative estimate of drug-likeness (QED) is 0.0432. The second-order valence-electron chi connectivity index (χ2n) is 29.9. The Morgan fingerprint density at radius 1 is 0.600 bits per heavy atom. The molecule has 14 heteroatoms. The summed E-state index contributed by atoms with van der Waals surface area (Å²) in [6, 6.07) is 0. The Morgan fingerprint density at radius 2 is 1.05 bits per heavy atom. The summed E-state index contributed by atoms with van der Waals surface area (Å²) < 4.78 is 31.5. The first-order valence-electron chi connectivity index (χ1n) is 31.1. The molecule has 0 aromatic heterocycles. The second kappa shape index (κ2) is 26.3. The first-order chi connectivity index (χ1) is 36.3. The Balaban J connectivity index is 0.00000122. The van der Waals surface area contributed by atoms with Crippen molar-refractivity contribution in [2.24, 2.45) is 95.6 Å². The van der Waals surface area contributed by atoms with Gasteiger partial charge in [-0.1, -0.05) is 108 Å². The van der Waals surface area contributed by atoms with E-state index in [-0.39, 0.29) is 180 Å². The van der Waals surface area contributed by atoms with Crippen molar-refractivity contribution in [1.82, 2.24) is 5.32 Å². The number of Topliss-reactive ketones (excluding diaryl/α,β-unsaturated/α-hetero) is 3. The van der Waals surface area contributed by atoms with Gasteiger partial charge >= 0.3 is 0 Å². The van der Waals surface area contributed by atoms with Gasteiger partial charge in [0.1, 0.15) is 17.3 Å². The number of carbonyl (C=O) groups excluding carboxylic acids is 6. The van der Waals surface area contributed by atoms with Gasteiger partial charge in [0.15, 0.2) is 0 Å². The van der Waals surface area contributed by atoms with Crippen LogP contribution in [0.15, 0.2) is 0 Å². The van der Waals surface area contributed by atoms with Crippen molar-refractivity contribution in [3.8, 4) is 0 Å². The summed E-state index contributed by atoms with van der Waals surface area (Å²) in [4.78, 5) is 73.7. The first kappa shape index (κ1) is 70.7. The van der Waals surface area contributed by atoms with Crippen LogP contribution in [0.5, 0.6) is 0 Å². The van der Waals surface area contributed by atoms with Crippen molar-refractivity contribution in [3.63, 3.8) is 0 Å². The van der Waals surface area contributed by atoms with E-state index in [0.29, 0.717) is 74.5 Å². The fourth-order valence-corrected chi connectivity index (χ4v) is 22.5. The third-order valence-corrected chi connectivity index (χ3v) is 28.8. The molecule has 1 amide bonds. The molecule has 11 nitrogen and oxygen atoms in total. The zero-order valence-electron chi connectivity index (χ0n) is 51.8. The summed E-state index contributed by atoms with van der Waals surface area (Å²) in [5.74, 6) is 1.57. The molecule has 0 bridgehead atoms. The summed E-state index contributed by atoms with van der Waals surface area (Å²) in [7, 11) is -4.15. The number of rotatable bonds is 21. The van der Waals surface area contributed by atoms with E-state index in [0.717, 1.165) is 96.3 Å². The van der Waals surface area contributed by atoms with Crippen LogP contribution in [0.25, 0.3) is 0 Å². The molecule has 0 aliphatic heterocycles. The number of amides is 1. The van der Waals surface area contributed by atoms with Gasteiger partial charge in [0.2, 0.25) is 5.91 Å². The molecule has 0 aromatic rings. The molecule has 8 aliphatic carbocycles. The Kier molecular flexibility index (Phi) is 23.2. The maximum Gasteiger partial charge on any atom is 0.266 e. The second-order valence-corrected chi connectivity index (χ2v) is 31.5. The molecular weight excluding hydrogens is 1180 g/mol. The average molecular weight is 1280 g/mol. The van der Waals surface area contributed by atoms with Crippen molar-refractivity contribution >= 4 is 45.9 Å². The van der Waals surface area contributed by atoms with Gasteiger partial charge in [-0.05, 0) is 155 Å². The molecule has 18 atom stereocenters. The molecule has 450 valence electrons. The average Bonchev–Trinajstić information content (AvgIpc) is 3.82. The third kappa shape index (κ3) is 11.6. The van der Waals surface area contributed by atoms with E-state index in [9.17, 15) is 42.3 Å². The number of unbranched alkanes of at least 4 members (excludes halogenated alkanes) is 2. The van der Waals surface area contributed by atoms with Crippen molar-refractivity contribution in [1.29, 1.82) is 0 Å². The van der Waals surface area contributed by atoms with Gasteiger partial charge in [-0.25, -0.2) is 0 Å². The molecule has 0 spiro atoms. The molecule has 4 unspecified atom stereocenters. The molecular formula is C66H105NO10SY2-4. The van der Waals surface area contributed by atoms with Crippen LogP contribution in [-0.4, -0.2) is 72.3 Å². The van der Waals surface area contributed by atoms with E-state index in [2.05, 4.69) is 101 Å². The van der Waals surface area contributed by atoms with E-state index in [1.54, 1.807) is 12.6 Å². The Morgan fingerprint density at radius 3 is 1.55 bits per heavy atom. The van der Waals surface area contributed by atoms with E-state index in [1.165, 1.54) is 12.8 Å². The Hall–Kier alpha value is -0.102. The smallest absolute Gasteiger partial charge is 0.266 e. The van der Waals surface area contributed by atoms with Crippen LogP contribution in [0.1, 0.15) is 250 Å². The van der Waals surface area contributed by atoms with Crippen LogP contribution in [0.2, 0.25) is 0 Å². The van der Waals surface area contributed by atoms with Gasteiger partial charge < -0.3 is 32.9 Å². The predicted molar refractivity (Wildman–Crippen MR) is 307 cm³/mol. The van der Waals surface area contributed by atoms with Crippen LogP contribution in [0, 0.1) is 108 Å². The SMILES string of the molecule is C[C@H](CCC(=O)NCCS(=O)(=O)O)[C@H]1CC[C@@]2(C)C3(C)[C@@H](CC(=O)CC(=O)CC(=O)CC[C@@H](C)[C@H]4CC[C@@]5(C)C6(C)[C@@H](O)CC7C[CH-]CC[C@]7(C)[C@@]6(C)CC[C@]45C)CC4C[CH-]CC[C@]4(C)[C@@]3(C)CC[C@]12C.O=[C-]CCC[C-]=O.[Y].[Y]. The standard InChI is InChI=1S/C61H99NO8S.C5H6O2.2Y/c1-40(48-24-28-57(8)55(48,6)30-32-59(10)53(4)26-16-14-18-43(53)37-50(66)61(57,59)12)19-21-45(63)38-47(65)39-46(64)36-44-35-42-17-13-15-25-52(42,3)58(9)31-29-54(5)49(23-27-56(54,7)60(44,58)11)41(2)20-22-51(67)62-33-34-71(68,69)70;6-4-2-1-3-5-7;;/h13-14,40-44,48-50,66H,15-39H2,1-12H3,(H,62,67)(H,68,69,70);1-3H2;;/q2*-2;;/t40-,41-,42?,43?,44-,48-,49-,50+,52+,53+,54-,55-,56-,57-,58-,59-,60?,61?;;;/m1.../s1. The molecule has 0 heterocycles. The molecule has 80 heavy (non-hydrogen) atoms. The topological polar surface area (TPSA) is 189 Å². The zero-order valence-corrected chi connectivity index (χ0v) is 58.3. The summed E-state index contributed by atoms with van der Waals surface area (Å²) in [6.07, 6.45) is 28.9. The van der Waals surface area contributed by atoms with Gasteiger partial charge in [-0.2, -0.15) is 46.9 Å². The number of carbonyl (C=O) groups is 4. The summed E-state index contributed by atoms with van der Waals surface area (Å²) >= 11 is 0. The van der Waals surface area contributed by atoms with Gasteiger partial charge in [-0.15, -0.1) is 6.42 Å². The fourth-order valence-electron chi connectivity index (χ4n) is 22.2. The van der Waals surface area contributed by atoms with Crippen LogP contribution >= 0.6 is 0 Å². The van der Waals surface area contributed by atoms with E-state index in [1.807, 2.05) is 0 Å². The largest absolute Gasteiger partial charge is 0.542 e.